The molecule has 2 aliphatic rings. The molecule has 0 aromatic carbocycles. The van der Waals surface area contributed by atoms with Crippen molar-refractivity contribution in [3.8, 4) is 5.75 Å². The normalized spacial score (nSPS) is 29.7. The zero-order valence-corrected chi connectivity index (χ0v) is 11.9. The highest BCUT2D eigenvalue weighted by Crippen LogP contribution is 2.40. The Kier molecular flexibility index (Phi) is 3.29. The van der Waals surface area contributed by atoms with E-state index in [0.29, 0.717) is 29.8 Å². The third kappa shape index (κ3) is 2.27. The van der Waals surface area contributed by atoms with Gasteiger partial charge < -0.3 is 9.64 Å². The predicted octanol–water partition coefficient (Wildman–Crippen LogP) is 3.32. The second-order valence-corrected chi connectivity index (χ2v) is 6.19. The molecule has 0 N–H and O–H groups in total. The van der Waals surface area contributed by atoms with Crippen LogP contribution >= 0.6 is 11.6 Å². The van der Waals surface area contributed by atoms with Crippen LogP contribution in [0.2, 0.25) is 5.02 Å². The number of ether oxygens (including phenoxy) is 1. The maximum absolute atomic E-state index is 14.3. The molecule has 1 aromatic heterocycles. The van der Waals surface area contributed by atoms with Gasteiger partial charge in [0.05, 0.1) is 17.6 Å². The Hall–Kier alpha value is -1.03. The van der Waals surface area contributed by atoms with Crippen LogP contribution in [-0.2, 0) is 0 Å². The van der Waals surface area contributed by atoms with Crippen molar-refractivity contribution < 1.29 is 9.13 Å². The molecule has 104 valence electrons. The third-order valence-corrected chi connectivity index (χ3v) is 4.39. The molecule has 0 radical (unpaired) electrons. The molecule has 3 nitrogen and oxygen atoms in total. The summed E-state index contributed by atoms with van der Waals surface area (Å²) < 4.78 is 20.0. The lowest BCUT2D eigenvalue weighted by Crippen LogP contribution is -2.54. The molecule has 3 rings (SSSR count). The molecule has 19 heavy (non-hydrogen) atoms. The second kappa shape index (κ2) is 4.82. The molecule has 1 saturated heterocycles. The lowest BCUT2D eigenvalue weighted by atomic mass is 9.81. The van der Waals surface area contributed by atoms with E-state index in [1.165, 1.54) is 0 Å². The predicted molar refractivity (Wildman–Crippen MR) is 73.7 cm³/mol. The zero-order chi connectivity index (χ0) is 13.6. The molecular weight excluding hydrogens is 267 g/mol. The Morgan fingerprint density at radius 1 is 1.53 bits per heavy atom. The molecule has 3 atom stereocenters. The van der Waals surface area contributed by atoms with Crippen LogP contribution in [0.15, 0.2) is 12.3 Å². The largest absolute Gasteiger partial charge is 0.488 e. The van der Waals surface area contributed by atoms with Gasteiger partial charge in [0, 0.05) is 12.3 Å². The molecular formula is C14H18ClFN2O. The molecule has 0 bridgehead atoms. The van der Waals surface area contributed by atoms with Crippen LogP contribution in [-0.4, -0.2) is 30.3 Å². The van der Waals surface area contributed by atoms with Crippen molar-refractivity contribution in [2.24, 2.45) is 11.8 Å². The average molecular weight is 285 g/mol. The molecule has 2 aliphatic heterocycles. The summed E-state index contributed by atoms with van der Waals surface area (Å²) in [4.78, 5) is 6.35. The molecule has 5 heteroatoms. The molecule has 1 aromatic rings. The highest BCUT2D eigenvalue weighted by molar-refractivity contribution is 6.30. The van der Waals surface area contributed by atoms with Crippen LogP contribution in [0.3, 0.4) is 0 Å². The Labute approximate surface area is 117 Å². The first-order valence-corrected chi connectivity index (χ1v) is 7.13. The summed E-state index contributed by atoms with van der Waals surface area (Å²) in [6.45, 7) is 5.16. The Balaban J connectivity index is 1.88. The van der Waals surface area contributed by atoms with Crippen molar-refractivity contribution >= 4 is 17.4 Å². The average Bonchev–Trinajstić information content (AvgIpc) is 2.37. The highest BCUT2D eigenvalue weighted by Gasteiger charge is 2.41. The number of piperidine rings is 1. The van der Waals surface area contributed by atoms with Crippen LogP contribution in [0, 0.1) is 11.8 Å². The van der Waals surface area contributed by atoms with Gasteiger partial charge in [-0.1, -0.05) is 25.4 Å². The second-order valence-electron chi connectivity index (χ2n) is 5.75. The van der Waals surface area contributed by atoms with Crippen LogP contribution in [0.4, 0.5) is 10.2 Å². The van der Waals surface area contributed by atoms with E-state index in [-0.39, 0.29) is 12.0 Å². The first-order valence-electron chi connectivity index (χ1n) is 6.75. The maximum atomic E-state index is 14.3. The monoisotopic (exact) mass is 284 g/mol. The van der Waals surface area contributed by atoms with Crippen LogP contribution < -0.4 is 9.64 Å². The number of halogens is 2. The summed E-state index contributed by atoms with van der Waals surface area (Å²) in [6, 6.07) is 1.97. The van der Waals surface area contributed by atoms with E-state index in [4.69, 9.17) is 16.3 Å². The van der Waals surface area contributed by atoms with Gasteiger partial charge in [-0.05, 0) is 18.3 Å². The third-order valence-electron chi connectivity index (χ3n) is 4.18. The van der Waals surface area contributed by atoms with Crippen molar-refractivity contribution in [1.82, 2.24) is 4.98 Å². The lowest BCUT2D eigenvalue weighted by Gasteiger charge is -2.45. The standard InChI is InChI=1S/C14H18ClFN2O/c1-8(2)11-4-10-7-19-13-3-9(15)5-17-14(13)18(10)6-12(11)16/h3,5,8,10-12H,4,6-7H2,1-2H3. The molecule has 0 spiro atoms. The van der Waals surface area contributed by atoms with Gasteiger partial charge in [-0.25, -0.2) is 9.37 Å². The molecule has 3 unspecified atom stereocenters. The number of pyridine rings is 1. The summed E-state index contributed by atoms with van der Waals surface area (Å²) in [5.41, 5.74) is 0. The molecule has 0 amide bonds. The van der Waals surface area contributed by atoms with Gasteiger partial charge in [-0.3, -0.25) is 0 Å². The molecule has 3 heterocycles. The Morgan fingerprint density at radius 3 is 3.05 bits per heavy atom. The van der Waals surface area contributed by atoms with E-state index in [0.717, 1.165) is 12.2 Å². The van der Waals surface area contributed by atoms with Crippen molar-refractivity contribution in [3.63, 3.8) is 0 Å². The van der Waals surface area contributed by atoms with Gasteiger partial charge in [0.15, 0.2) is 11.6 Å². The smallest absolute Gasteiger partial charge is 0.171 e. The van der Waals surface area contributed by atoms with E-state index in [1.807, 2.05) is 4.90 Å². The number of hydrogen-bond acceptors (Lipinski definition) is 3. The number of aromatic nitrogens is 1. The summed E-state index contributed by atoms with van der Waals surface area (Å²) in [7, 11) is 0. The maximum Gasteiger partial charge on any atom is 0.171 e. The zero-order valence-electron chi connectivity index (χ0n) is 11.1. The van der Waals surface area contributed by atoms with Crippen molar-refractivity contribution in [2.75, 3.05) is 18.1 Å². The van der Waals surface area contributed by atoms with Crippen molar-refractivity contribution in [2.45, 2.75) is 32.5 Å². The lowest BCUT2D eigenvalue weighted by molar-refractivity contribution is 0.108. The van der Waals surface area contributed by atoms with Gasteiger partial charge in [0.2, 0.25) is 0 Å². The van der Waals surface area contributed by atoms with E-state index in [2.05, 4.69) is 18.8 Å². The SMILES string of the molecule is CC(C)C1CC2COc3cc(Cl)cnc3N2CC1F. The topological polar surface area (TPSA) is 25.4 Å². The summed E-state index contributed by atoms with van der Waals surface area (Å²) >= 11 is 5.91. The summed E-state index contributed by atoms with van der Waals surface area (Å²) in [6.07, 6.45) is 1.61. The van der Waals surface area contributed by atoms with Gasteiger partial charge in [-0.15, -0.1) is 0 Å². The van der Waals surface area contributed by atoms with Crippen LogP contribution in [0.5, 0.6) is 5.75 Å². The number of fused-ring (bicyclic) bond motifs is 3. The van der Waals surface area contributed by atoms with E-state index >= 15 is 0 Å². The van der Waals surface area contributed by atoms with Gasteiger partial charge in [-0.2, -0.15) is 0 Å². The van der Waals surface area contributed by atoms with E-state index in [9.17, 15) is 4.39 Å². The number of alkyl halides is 1. The minimum Gasteiger partial charge on any atom is -0.488 e. The van der Waals surface area contributed by atoms with E-state index < -0.39 is 6.17 Å². The summed E-state index contributed by atoms with van der Waals surface area (Å²) in [5, 5.41) is 0.547. The first-order chi connectivity index (χ1) is 9.06. The van der Waals surface area contributed by atoms with Crippen LogP contribution in [0.25, 0.3) is 0 Å². The quantitative estimate of drug-likeness (QED) is 0.791. The van der Waals surface area contributed by atoms with Crippen molar-refractivity contribution in [3.05, 3.63) is 17.3 Å². The molecule has 0 saturated carbocycles. The highest BCUT2D eigenvalue weighted by atomic mass is 35.5. The molecule has 1 fully saturated rings. The van der Waals surface area contributed by atoms with Gasteiger partial charge in [0.1, 0.15) is 12.8 Å². The Morgan fingerprint density at radius 2 is 2.32 bits per heavy atom. The Bertz CT molecular complexity index is 483. The minimum absolute atomic E-state index is 0.110. The summed E-state index contributed by atoms with van der Waals surface area (Å²) in [5.74, 6) is 1.86. The molecule has 0 aliphatic carbocycles. The number of nitrogens with zero attached hydrogens (tertiary/aromatic N) is 2. The first kappa shape index (κ1) is 13.0. The fourth-order valence-electron chi connectivity index (χ4n) is 3.09. The van der Waals surface area contributed by atoms with Gasteiger partial charge >= 0.3 is 0 Å². The number of anilines is 1. The van der Waals surface area contributed by atoms with E-state index in [1.54, 1.807) is 12.3 Å². The fraction of sp³-hybridized carbons (Fsp3) is 0.643. The van der Waals surface area contributed by atoms with Crippen molar-refractivity contribution in [1.29, 1.82) is 0 Å². The van der Waals surface area contributed by atoms with Gasteiger partial charge in [0.25, 0.3) is 0 Å². The van der Waals surface area contributed by atoms with Crippen LogP contribution in [0.1, 0.15) is 20.3 Å². The fourth-order valence-corrected chi connectivity index (χ4v) is 3.24. The number of hydrogen-bond donors (Lipinski definition) is 0. The minimum atomic E-state index is -0.806. The number of rotatable bonds is 1.